The van der Waals surface area contributed by atoms with Gasteiger partial charge in [-0.2, -0.15) is 0 Å². The van der Waals surface area contributed by atoms with E-state index in [1.807, 2.05) is 12.1 Å². The zero-order valence-electron chi connectivity index (χ0n) is 13.4. The molecule has 1 aliphatic carbocycles. The van der Waals surface area contributed by atoms with Gasteiger partial charge in [0, 0.05) is 25.0 Å². The lowest BCUT2D eigenvalue weighted by atomic mass is 9.88. The number of methoxy groups -OCH3 is 2. The molecular formula is C18H23NO3. The predicted molar refractivity (Wildman–Crippen MR) is 85.8 cm³/mol. The zero-order valence-corrected chi connectivity index (χ0v) is 13.4. The van der Waals surface area contributed by atoms with Gasteiger partial charge in [0.1, 0.15) is 5.76 Å². The van der Waals surface area contributed by atoms with Crippen LogP contribution in [0.1, 0.15) is 18.9 Å². The Morgan fingerprint density at radius 3 is 2.73 bits per heavy atom. The van der Waals surface area contributed by atoms with E-state index in [0.717, 1.165) is 30.8 Å². The number of hydrogen-bond donors (Lipinski definition) is 1. The Kier molecular flexibility index (Phi) is 4.12. The molecule has 0 radical (unpaired) electrons. The van der Waals surface area contributed by atoms with Gasteiger partial charge >= 0.3 is 0 Å². The van der Waals surface area contributed by atoms with Crippen LogP contribution in [0.15, 0.2) is 41.7 Å². The molecule has 1 aromatic rings. The van der Waals surface area contributed by atoms with Crippen molar-refractivity contribution in [3.8, 4) is 11.5 Å². The van der Waals surface area contributed by atoms with E-state index >= 15 is 0 Å². The Bertz CT molecular complexity index is 621. The number of fused-ring (bicyclic) bond motifs is 1. The summed E-state index contributed by atoms with van der Waals surface area (Å²) in [6.45, 7) is 4.08. The predicted octanol–water partition coefficient (Wildman–Crippen LogP) is 3.08. The van der Waals surface area contributed by atoms with E-state index in [0.29, 0.717) is 17.7 Å². The first-order chi connectivity index (χ1) is 10.6. The van der Waals surface area contributed by atoms with Crippen molar-refractivity contribution in [2.45, 2.75) is 25.9 Å². The number of rotatable bonds is 4. The minimum Gasteiger partial charge on any atom is -0.504 e. The number of nitrogens with zero attached hydrogens (tertiary/aromatic N) is 1. The summed E-state index contributed by atoms with van der Waals surface area (Å²) in [6.07, 6.45) is 5.40. The fourth-order valence-corrected chi connectivity index (χ4v) is 3.61. The molecule has 1 N–H and O–H groups in total. The van der Waals surface area contributed by atoms with Crippen molar-refractivity contribution in [2.24, 2.45) is 5.92 Å². The summed E-state index contributed by atoms with van der Waals surface area (Å²) in [6, 6.07) is 6.02. The smallest absolute Gasteiger partial charge is 0.160 e. The largest absolute Gasteiger partial charge is 0.504 e. The van der Waals surface area contributed by atoms with Crippen molar-refractivity contribution in [3.63, 3.8) is 0 Å². The molecule has 1 heterocycles. The Labute approximate surface area is 131 Å². The average Bonchev–Trinajstić information content (AvgIpc) is 2.92. The van der Waals surface area contributed by atoms with Crippen LogP contribution in [0.4, 0.5) is 0 Å². The van der Waals surface area contributed by atoms with E-state index in [4.69, 9.17) is 9.47 Å². The van der Waals surface area contributed by atoms with Crippen molar-refractivity contribution >= 4 is 0 Å². The van der Waals surface area contributed by atoms with Gasteiger partial charge in [-0.05, 0) is 30.2 Å². The summed E-state index contributed by atoms with van der Waals surface area (Å²) in [4.78, 5) is 2.46. The van der Waals surface area contributed by atoms with Crippen LogP contribution < -0.4 is 4.74 Å². The van der Waals surface area contributed by atoms with E-state index in [-0.39, 0.29) is 5.75 Å². The van der Waals surface area contributed by atoms with Gasteiger partial charge in [-0.1, -0.05) is 24.6 Å². The Morgan fingerprint density at radius 1 is 1.23 bits per heavy atom. The van der Waals surface area contributed by atoms with Crippen molar-refractivity contribution < 1.29 is 14.6 Å². The first kappa shape index (κ1) is 15.0. The minimum atomic E-state index is 0.198. The third kappa shape index (κ3) is 2.59. The van der Waals surface area contributed by atoms with E-state index < -0.39 is 0 Å². The number of aromatic hydroxyl groups is 1. The summed E-state index contributed by atoms with van der Waals surface area (Å²) in [7, 11) is 3.30. The molecule has 1 fully saturated rings. The topological polar surface area (TPSA) is 41.9 Å². The maximum Gasteiger partial charge on any atom is 0.160 e. The monoisotopic (exact) mass is 301 g/mol. The van der Waals surface area contributed by atoms with Gasteiger partial charge in [0.15, 0.2) is 11.5 Å². The molecule has 2 aliphatic rings. The molecule has 0 spiro atoms. The highest BCUT2D eigenvalue weighted by atomic mass is 16.5. The fraction of sp³-hybridized carbons (Fsp3) is 0.444. The lowest BCUT2D eigenvalue weighted by molar-refractivity contribution is 0.166. The molecular weight excluding hydrogens is 278 g/mol. The summed E-state index contributed by atoms with van der Waals surface area (Å²) in [5, 5.41) is 9.95. The highest BCUT2D eigenvalue weighted by Crippen LogP contribution is 2.37. The van der Waals surface area contributed by atoms with Crippen LogP contribution in [-0.4, -0.2) is 36.8 Å². The van der Waals surface area contributed by atoms with Gasteiger partial charge in [0.05, 0.1) is 14.2 Å². The highest BCUT2D eigenvalue weighted by molar-refractivity contribution is 5.42. The first-order valence-electron chi connectivity index (χ1n) is 7.68. The van der Waals surface area contributed by atoms with Gasteiger partial charge in [-0.15, -0.1) is 0 Å². The maximum atomic E-state index is 9.95. The molecule has 4 nitrogen and oxygen atoms in total. The molecule has 4 heteroatoms. The number of phenols is 1. The van der Waals surface area contributed by atoms with Gasteiger partial charge in [0.25, 0.3) is 0 Å². The molecule has 3 rings (SSSR count). The summed E-state index contributed by atoms with van der Waals surface area (Å²) >= 11 is 0. The number of ether oxygens (including phenoxy) is 2. The molecule has 22 heavy (non-hydrogen) atoms. The molecule has 1 aliphatic heterocycles. The number of likely N-dealkylation sites (tertiary alicyclic amines) is 1. The minimum absolute atomic E-state index is 0.198. The summed E-state index contributed by atoms with van der Waals surface area (Å²) < 4.78 is 10.6. The molecule has 1 saturated heterocycles. The number of hydrogen-bond acceptors (Lipinski definition) is 4. The fourth-order valence-electron chi connectivity index (χ4n) is 3.61. The molecule has 0 bridgehead atoms. The van der Waals surface area contributed by atoms with Crippen molar-refractivity contribution in [3.05, 3.63) is 47.2 Å². The van der Waals surface area contributed by atoms with Crippen LogP contribution in [-0.2, 0) is 11.3 Å². The average molecular weight is 301 g/mol. The quantitative estimate of drug-likeness (QED) is 0.928. The Hall–Kier alpha value is -1.94. The number of allylic oxidation sites excluding steroid dienone is 2. The SMILES string of the molecule is COC1=CC=C2CCN(Cc3ccc(OC)c(O)c3)C2C1C. The lowest BCUT2D eigenvalue weighted by Crippen LogP contribution is -2.37. The molecule has 0 aromatic heterocycles. The second-order valence-corrected chi connectivity index (χ2v) is 5.97. The third-order valence-corrected chi connectivity index (χ3v) is 4.71. The third-order valence-electron chi connectivity index (χ3n) is 4.71. The van der Waals surface area contributed by atoms with Gasteiger partial charge in [-0.3, -0.25) is 4.90 Å². The van der Waals surface area contributed by atoms with Gasteiger partial charge < -0.3 is 14.6 Å². The Morgan fingerprint density at radius 2 is 2.05 bits per heavy atom. The van der Waals surface area contributed by atoms with Crippen molar-refractivity contribution in [1.29, 1.82) is 0 Å². The van der Waals surface area contributed by atoms with Crippen molar-refractivity contribution in [2.75, 3.05) is 20.8 Å². The maximum absolute atomic E-state index is 9.95. The molecule has 0 saturated carbocycles. The van der Waals surface area contributed by atoms with Crippen LogP contribution in [0.5, 0.6) is 11.5 Å². The molecule has 2 unspecified atom stereocenters. The van der Waals surface area contributed by atoms with E-state index in [1.54, 1.807) is 20.3 Å². The molecule has 118 valence electrons. The molecule has 2 atom stereocenters. The second kappa shape index (κ2) is 6.05. The van der Waals surface area contributed by atoms with Gasteiger partial charge in [0.2, 0.25) is 0 Å². The standard InChI is InChI=1S/C18H23NO3/c1-12-16(21-2)7-5-14-8-9-19(18(12)14)11-13-4-6-17(22-3)15(20)10-13/h4-7,10,12,18,20H,8-9,11H2,1-3H3. The second-order valence-electron chi connectivity index (χ2n) is 5.97. The van der Waals surface area contributed by atoms with Crippen LogP contribution in [0.2, 0.25) is 0 Å². The van der Waals surface area contributed by atoms with E-state index in [1.165, 1.54) is 5.57 Å². The van der Waals surface area contributed by atoms with Gasteiger partial charge in [-0.25, -0.2) is 0 Å². The van der Waals surface area contributed by atoms with Crippen LogP contribution in [0, 0.1) is 5.92 Å². The van der Waals surface area contributed by atoms with E-state index in [9.17, 15) is 5.11 Å². The van der Waals surface area contributed by atoms with Crippen LogP contribution >= 0.6 is 0 Å². The summed E-state index contributed by atoms with van der Waals surface area (Å²) in [5.74, 6) is 2.11. The van der Waals surface area contributed by atoms with Crippen LogP contribution in [0.25, 0.3) is 0 Å². The normalized spacial score (nSPS) is 24.5. The molecule has 1 aromatic carbocycles. The first-order valence-corrected chi connectivity index (χ1v) is 7.68. The summed E-state index contributed by atoms with van der Waals surface area (Å²) in [5.41, 5.74) is 2.58. The molecule has 0 amide bonds. The van der Waals surface area contributed by atoms with Crippen LogP contribution in [0.3, 0.4) is 0 Å². The number of benzene rings is 1. The number of phenolic OH excluding ortho intramolecular Hbond substituents is 1. The lowest BCUT2D eigenvalue weighted by Gasteiger charge is -2.33. The van der Waals surface area contributed by atoms with Crippen molar-refractivity contribution in [1.82, 2.24) is 4.90 Å². The highest BCUT2D eigenvalue weighted by Gasteiger charge is 2.37. The zero-order chi connectivity index (χ0) is 15.7. The van der Waals surface area contributed by atoms with E-state index in [2.05, 4.69) is 24.0 Å². The Balaban J connectivity index is 1.78.